The second-order valence-corrected chi connectivity index (χ2v) is 7.46. The third-order valence-electron chi connectivity index (χ3n) is 5.35. The van der Waals surface area contributed by atoms with Crippen LogP contribution < -0.4 is 14.4 Å². The number of nitrogens with zero attached hydrogens (tertiary/aromatic N) is 2. The van der Waals surface area contributed by atoms with Gasteiger partial charge in [-0.05, 0) is 50.2 Å². The van der Waals surface area contributed by atoms with Gasteiger partial charge in [-0.3, -0.25) is 9.59 Å². The highest BCUT2D eigenvalue weighted by atomic mass is 19.1. The van der Waals surface area contributed by atoms with Crippen LogP contribution in [0.1, 0.15) is 34.6 Å². The van der Waals surface area contributed by atoms with Gasteiger partial charge in [-0.25, -0.2) is 9.18 Å². The number of esters is 1. The van der Waals surface area contributed by atoms with E-state index >= 15 is 0 Å². The van der Waals surface area contributed by atoms with Crippen molar-refractivity contribution < 1.29 is 33.0 Å². The molecule has 1 aliphatic rings. The summed E-state index contributed by atoms with van der Waals surface area (Å²) in [5, 5.41) is 0. The molecule has 8 nitrogen and oxygen atoms in total. The van der Waals surface area contributed by atoms with Crippen LogP contribution in [0.4, 0.5) is 10.1 Å². The zero-order valence-corrected chi connectivity index (χ0v) is 18.9. The van der Waals surface area contributed by atoms with Crippen LogP contribution in [0.15, 0.2) is 36.4 Å². The fourth-order valence-electron chi connectivity index (χ4n) is 3.55. The van der Waals surface area contributed by atoms with Gasteiger partial charge in [0.05, 0.1) is 25.0 Å². The number of amides is 1. The van der Waals surface area contributed by atoms with Gasteiger partial charge < -0.3 is 24.0 Å². The molecule has 176 valence electrons. The van der Waals surface area contributed by atoms with E-state index in [1.54, 1.807) is 29.2 Å². The Morgan fingerprint density at radius 3 is 2.27 bits per heavy atom. The first-order valence-electron chi connectivity index (χ1n) is 10.6. The molecule has 9 heteroatoms. The van der Waals surface area contributed by atoms with Crippen molar-refractivity contribution in [1.29, 1.82) is 0 Å². The quantitative estimate of drug-likeness (QED) is 0.444. The Bertz CT molecular complexity index is 1030. The van der Waals surface area contributed by atoms with E-state index in [9.17, 15) is 18.8 Å². The van der Waals surface area contributed by atoms with E-state index in [0.29, 0.717) is 55.5 Å². The first-order chi connectivity index (χ1) is 15.8. The van der Waals surface area contributed by atoms with Crippen molar-refractivity contribution in [3.05, 3.63) is 53.3 Å². The van der Waals surface area contributed by atoms with E-state index in [-0.39, 0.29) is 17.3 Å². The standard InChI is InChI=1S/C24H27FN2O6/c1-4-32-22-14-18(6-8-21(22)31-3)24(30)33-15-23(29)27-11-9-26(10-12-27)20-7-5-17(16(2)28)13-19(20)25/h5-8,13-14H,4,9-12,15H2,1-3H3. The van der Waals surface area contributed by atoms with Gasteiger partial charge in [-0.15, -0.1) is 0 Å². The lowest BCUT2D eigenvalue weighted by Gasteiger charge is -2.36. The van der Waals surface area contributed by atoms with Gasteiger partial charge in [0.25, 0.3) is 5.91 Å². The molecule has 0 bridgehead atoms. The number of piperazine rings is 1. The number of Topliss-reactive ketones (excluding diaryl/α,β-unsaturated/α-hetero) is 1. The highest BCUT2D eigenvalue weighted by Gasteiger charge is 2.24. The zero-order valence-electron chi connectivity index (χ0n) is 18.9. The summed E-state index contributed by atoms with van der Waals surface area (Å²) in [4.78, 5) is 39.7. The molecular weight excluding hydrogens is 431 g/mol. The molecule has 1 heterocycles. The van der Waals surface area contributed by atoms with Crippen LogP contribution in [0.3, 0.4) is 0 Å². The van der Waals surface area contributed by atoms with E-state index in [2.05, 4.69) is 0 Å². The predicted molar refractivity (Wildman–Crippen MR) is 120 cm³/mol. The molecule has 33 heavy (non-hydrogen) atoms. The molecule has 0 atom stereocenters. The van der Waals surface area contributed by atoms with Gasteiger partial charge in [-0.2, -0.15) is 0 Å². The highest BCUT2D eigenvalue weighted by Crippen LogP contribution is 2.28. The normalized spacial score (nSPS) is 13.5. The molecule has 0 aromatic heterocycles. The topological polar surface area (TPSA) is 85.4 Å². The Labute approximate surface area is 191 Å². The van der Waals surface area contributed by atoms with Crippen LogP contribution in [-0.2, 0) is 9.53 Å². The highest BCUT2D eigenvalue weighted by molar-refractivity contribution is 5.94. The van der Waals surface area contributed by atoms with E-state index < -0.39 is 18.4 Å². The second kappa shape index (κ2) is 10.8. The van der Waals surface area contributed by atoms with Gasteiger partial charge in [0.1, 0.15) is 5.82 Å². The molecule has 0 unspecified atom stereocenters. The van der Waals surface area contributed by atoms with Crippen molar-refractivity contribution in [2.24, 2.45) is 0 Å². The Morgan fingerprint density at radius 1 is 0.970 bits per heavy atom. The van der Waals surface area contributed by atoms with Crippen molar-refractivity contribution in [2.75, 3.05) is 51.4 Å². The first kappa shape index (κ1) is 24.0. The average molecular weight is 458 g/mol. The van der Waals surface area contributed by atoms with Crippen LogP contribution in [0, 0.1) is 5.82 Å². The number of carbonyl (C=O) groups is 3. The van der Waals surface area contributed by atoms with Crippen LogP contribution in [0.2, 0.25) is 0 Å². The van der Waals surface area contributed by atoms with Gasteiger partial charge >= 0.3 is 5.97 Å². The van der Waals surface area contributed by atoms with Crippen LogP contribution in [0.25, 0.3) is 0 Å². The molecule has 0 saturated carbocycles. The summed E-state index contributed by atoms with van der Waals surface area (Å²) in [6.45, 7) is 4.79. The molecule has 1 amide bonds. The molecule has 3 rings (SSSR count). The fraction of sp³-hybridized carbons (Fsp3) is 0.375. The van der Waals surface area contributed by atoms with Gasteiger partial charge in [0.2, 0.25) is 0 Å². The number of hydrogen-bond donors (Lipinski definition) is 0. The molecule has 1 fully saturated rings. The third-order valence-corrected chi connectivity index (χ3v) is 5.35. The number of benzene rings is 2. The Morgan fingerprint density at radius 2 is 1.67 bits per heavy atom. The van der Waals surface area contributed by atoms with Crippen LogP contribution in [-0.4, -0.2) is 69.1 Å². The van der Waals surface area contributed by atoms with E-state index in [0.717, 1.165) is 0 Å². The molecule has 0 N–H and O–H groups in total. The number of ether oxygens (including phenoxy) is 3. The molecule has 2 aromatic carbocycles. The number of hydrogen-bond acceptors (Lipinski definition) is 7. The maximum absolute atomic E-state index is 14.4. The minimum absolute atomic E-state index is 0.200. The van der Waals surface area contributed by atoms with Crippen molar-refractivity contribution in [3.8, 4) is 11.5 Å². The lowest BCUT2D eigenvalue weighted by Crippen LogP contribution is -2.50. The minimum atomic E-state index is -0.641. The van der Waals surface area contributed by atoms with Crippen molar-refractivity contribution in [2.45, 2.75) is 13.8 Å². The lowest BCUT2D eigenvalue weighted by molar-refractivity contribution is -0.134. The smallest absolute Gasteiger partial charge is 0.338 e. The van der Waals surface area contributed by atoms with E-state index in [4.69, 9.17) is 14.2 Å². The molecular formula is C24H27FN2O6. The SMILES string of the molecule is CCOc1cc(C(=O)OCC(=O)N2CCN(c3ccc(C(C)=O)cc3F)CC2)ccc1OC. The maximum Gasteiger partial charge on any atom is 0.338 e. The van der Waals surface area contributed by atoms with Crippen molar-refractivity contribution in [3.63, 3.8) is 0 Å². The molecule has 2 aromatic rings. The molecule has 0 radical (unpaired) electrons. The summed E-state index contributed by atoms with van der Waals surface area (Å²) in [7, 11) is 1.50. The van der Waals surface area contributed by atoms with Gasteiger partial charge in [-0.1, -0.05) is 0 Å². The van der Waals surface area contributed by atoms with E-state index in [1.165, 1.54) is 26.2 Å². The molecule has 0 spiro atoms. The Balaban J connectivity index is 1.53. The number of anilines is 1. The van der Waals surface area contributed by atoms with Gasteiger partial charge in [0, 0.05) is 31.7 Å². The van der Waals surface area contributed by atoms with E-state index in [1.807, 2.05) is 11.8 Å². The Hall–Kier alpha value is -3.62. The summed E-state index contributed by atoms with van der Waals surface area (Å²) < 4.78 is 30.2. The molecule has 1 saturated heterocycles. The average Bonchev–Trinajstić information content (AvgIpc) is 2.82. The fourth-order valence-corrected chi connectivity index (χ4v) is 3.55. The minimum Gasteiger partial charge on any atom is -0.493 e. The number of halogens is 1. The summed E-state index contributed by atoms with van der Waals surface area (Å²) in [5.41, 5.74) is 0.960. The number of methoxy groups -OCH3 is 1. The third kappa shape index (κ3) is 5.79. The Kier molecular flexibility index (Phi) is 7.87. The monoisotopic (exact) mass is 458 g/mol. The summed E-state index contributed by atoms with van der Waals surface area (Å²) in [6.07, 6.45) is 0. The summed E-state index contributed by atoms with van der Waals surface area (Å²) in [6, 6.07) is 9.05. The predicted octanol–water partition coefficient (Wildman–Crippen LogP) is 2.94. The van der Waals surface area contributed by atoms with Crippen LogP contribution in [0.5, 0.6) is 11.5 Å². The molecule has 0 aliphatic carbocycles. The second-order valence-electron chi connectivity index (χ2n) is 7.46. The van der Waals surface area contributed by atoms with Crippen LogP contribution >= 0.6 is 0 Å². The zero-order chi connectivity index (χ0) is 24.0. The summed E-state index contributed by atoms with van der Waals surface area (Å²) >= 11 is 0. The summed E-state index contributed by atoms with van der Waals surface area (Å²) in [5.74, 6) is -0.723. The number of ketones is 1. The largest absolute Gasteiger partial charge is 0.493 e. The van der Waals surface area contributed by atoms with Crippen molar-refractivity contribution >= 4 is 23.3 Å². The maximum atomic E-state index is 14.4. The number of rotatable bonds is 8. The first-order valence-corrected chi connectivity index (χ1v) is 10.6. The van der Waals surface area contributed by atoms with Gasteiger partial charge in [0.15, 0.2) is 23.9 Å². The lowest BCUT2D eigenvalue weighted by atomic mass is 10.1. The van der Waals surface area contributed by atoms with Crippen molar-refractivity contribution in [1.82, 2.24) is 4.90 Å². The molecule has 1 aliphatic heterocycles. The number of carbonyl (C=O) groups excluding carboxylic acids is 3.